The molecule has 1 saturated heterocycles. The third-order valence-corrected chi connectivity index (χ3v) is 5.19. The number of hydrogen-bond acceptors (Lipinski definition) is 4. The van der Waals surface area contributed by atoms with Gasteiger partial charge in [-0.15, -0.1) is 6.58 Å². The van der Waals surface area contributed by atoms with Crippen LogP contribution in [0.4, 0.5) is 11.4 Å². The zero-order valence-corrected chi connectivity index (χ0v) is 15.9. The maximum atomic E-state index is 12.7. The van der Waals surface area contributed by atoms with Gasteiger partial charge in [0, 0.05) is 18.7 Å². The second kappa shape index (κ2) is 8.68. The summed E-state index contributed by atoms with van der Waals surface area (Å²) >= 11 is 1.32. The Kier molecular flexibility index (Phi) is 6.08. The Hall–Kier alpha value is -2.86. The molecule has 0 aliphatic carbocycles. The SMILES string of the molecule is C=CCN1C(=O)C(CC(=O)Nc2ccc(C)cc2)SC1=Nc1ccccc1. The zero-order valence-electron chi connectivity index (χ0n) is 15.1. The van der Waals surface area contributed by atoms with E-state index in [4.69, 9.17) is 0 Å². The second-order valence-electron chi connectivity index (χ2n) is 6.19. The summed E-state index contributed by atoms with van der Waals surface area (Å²) in [6, 6.07) is 17.0. The Bertz CT molecular complexity index is 863. The van der Waals surface area contributed by atoms with Crippen LogP contribution in [0.15, 0.2) is 72.2 Å². The highest BCUT2D eigenvalue weighted by Gasteiger charge is 2.38. The zero-order chi connectivity index (χ0) is 19.2. The molecule has 2 amide bonds. The Labute approximate surface area is 163 Å². The molecular formula is C21H21N3O2S. The highest BCUT2D eigenvalue weighted by Crippen LogP contribution is 2.31. The summed E-state index contributed by atoms with van der Waals surface area (Å²) in [5, 5.41) is 2.95. The van der Waals surface area contributed by atoms with Gasteiger partial charge < -0.3 is 5.32 Å². The molecule has 0 spiro atoms. The molecular weight excluding hydrogens is 358 g/mol. The van der Waals surface area contributed by atoms with Gasteiger partial charge in [-0.25, -0.2) is 4.99 Å². The summed E-state index contributed by atoms with van der Waals surface area (Å²) in [4.78, 5) is 31.2. The molecule has 6 heteroatoms. The monoisotopic (exact) mass is 379 g/mol. The van der Waals surface area contributed by atoms with Crippen LogP contribution in [-0.4, -0.2) is 33.7 Å². The Balaban J connectivity index is 1.71. The van der Waals surface area contributed by atoms with Crippen molar-refractivity contribution in [2.75, 3.05) is 11.9 Å². The summed E-state index contributed by atoms with van der Waals surface area (Å²) in [7, 11) is 0. The van der Waals surface area contributed by atoms with E-state index < -0.39 is 5.25 Å². The van der Waals surface area contributed by atoms with Crippen molar-refractivity contribution in [2.45, 2.75) is 18.6 Å². The molecule has 0 saturated carbocycles. The van der Waals surface area contributed by atoms with E-state index in [1.807, 2.05) is 61.5 Å². The average Bonchev–Trinajstić information content (AvgIpc) is 2.93. The summed E-state index contributed by atoms with van der Waals surface area (Å²) in [5.74, 6) is -0.308. The molecule has 3 rings (SSSR count). The molecule has 2 aromatic rings. The number of anilines is 1. The van der Waals surface area contributed by atoms with Gasteiger partial charge in [0.25, 0.3) is 0 Å². The predicted molar refractivity (Wildman–Crippen MR) is 111 cm³/mol. The fourth-order valence-electron chi connectivity index (χ4n) is 2.65. The third kappa shape index (κ3) is 4.86. The fourth-order valence-corrected chi connectivity index (χ4v) is 3.82. The lowest BCUT2D eigenvalue weighted by atomic mass is 10.2. The van der Waals surface area contributed by atoms with Gasteiger partial charge in [-0.2, -0.15) is 0 Å². The molecule has 1 atom stereocenters. The van der Waals surface area contributed by atoms with Gasteiger partial charge >= 0.3 is 0 Å². The van der Waals surface area contributed by atoms with Gasteiger partial charge in [0.05, 0.1) is 5.69 Å². The lowest BCUT2D eigenvalue weighted by Gasteiger charge is -2.13. The largest absolute Gasteiger partial charge is 0.326 e. The number of rotatable bonds is 6. The first-order chi connectivity index (χ1) is 13.1. The number of aliphatic imine (C=N–C) groups is 1. The van der Waals surface area contributed by atoms with Gasteiger partial charge in [0.15, 0.2) is 5.17 Å². The van der Waals surface area contributed by atoms with Crippen molar-refractivity contribution in [1.82, 2.24) is 4.90 Å². The molecule has 1 N–H and O–H groups in total. The Morgan fingerprint density at radius 2 is 1.93 bits per heavy atom. The average molecular weight is 379 g/mol. The number of thioether (sulfide) groups is 1. The van der Waals surface area contributed by atoms with Gasteiger partial charge in [-0.05, 0) is 31.2 Å². The highest BCUT2D eigenvalue weighted by molar-refractivity contribution is 8.15. The number of carbonyl (C=O) groups is 2. The van der Waals surface area contributed by atoms with E-state index in [-0.39, 0.29) is 18.2 Å². The van der Waals surface area contributed by atoms with E-state index in [0.717, 1.165) is 16.9 Å². The minimum absolute atomic E-state index is 0.0961. The molecule has 27 heavy (non-hydrogen) atoms. The van der Waals surface area contributed by atoms with Gasteiger partial charge in [-0.1, -0.05) is 53.7 Å². The Morgan fingerprint density at radius 1 is 1.22 bits per heavy atom. The predicted octanol–water partition coefficient (Wildman–Crippen LogP) is 4.14. The van der Waals surface area contributed by atoms with Crippen LogP contribution < -0.4 is 5.32 Å². The quantitative estimate of drug-likeness (QED) is 0.767. The van der Waals surface area contributed by atoms with Crippen LogP contribution in [0.3, 0.4) is 0 Å². The number of benzene rings is 2. The molecule has 1 unspecified atom stereocenters. The van der Waals surface area contributed by atoms with Crippen molar-refractivity contribution in [3.8, 4) is 0 Å². The topological polar surface area (TPSA) is 61.8 Å². The van der Waals surface area contributed by atoms with Crippen molar-refractivity contribution in [2.24, 2.45) is 4.99 Å². The number of aryl methyl sites for hydroxylation is 1. The summed E-state index contributed by atoms with van der Waals surface area (Å²) in [5.41, 5.74) is 2.62. The van der Waals surface area contributed by atoms with Gasteiger partial charge in [0.1, 0.15) is 5.25 Å². The first kappa shape index (κ1) is 18.9. The van der Waals surface area contributed by atoms with Crippen LogP contribution in [0.5, 0.6) is 0 Å². The number of hydrogen-bond donors (Lipinski definition) is 1. The molecule has 0 bridgehead atoms. The second-order valence-corrected chi connectivity index (χ2v) is 7.36. The molecule has 1 fully saturated rings. The van der Waals surface area contributed by atoms with Crippen molar-refractivity contribution >= 4 is 40.1 Å². The first-order valence-electron chi connectivity index (χ1n) is 8.66. The molecule has 1 aliphatic heterocycles. The van der Waals surface area contributed by atoms with E-state index in [2.05, 4.69) is 16.9 Å². The standard InChI is InChI=1S/C21H21N3O2S/c1-3-13-24-20(26)18(27-21(24)23-16-7-5-4-6-8-16)14-19(25)22-17-11-9-15(2)10-12-17/h3-12,18H,1,13-14H2,2H3,(H,22,25). The van der Waals surface area contributed by atoms with Crippen LogP contribution >= 0.6 is 11.8 Å². The summed E-state index contributed by atoms with van der Waals surface area (Å²) in [6.45, 7) is 6.07. The van der Waals surface area contributed by atoms with Gasteiger partial charge in [-0.3, -0.25) is 14.5 Å². The number of nitrogens with one attached hydrogen (secondary N) is 1. The minimum Gasteiger partial charge on any atom is -0.326 e. The van der Waals surface area contributed by atoms with Crippen molar-refractivity contribution < 1.29 is 9.59 Å². The molecule has 2 aromatic carbocycles. The van der Waals surface area contributed by atoms with E-state index >= 15 is 0 Å². The summed E-state index contributed by atoms with van der Waals surface area (Å²) < 4.78 is 0. The number of para-hydroxylation sites is 1. The van der Waals surface area contributed by atoms with E-state index in [9.17, 15) is 9.59 Å². The van der Waals surface area contributed by atoms with E-state index in [1.165, 1.54) is 11.8 Å². The van der Waals surface area contributed by atoms with Gasteiger partial charge in [0.2, 0.25) is 11.8 Å². The number of amides is 2. The summed E-state index contributed by atoms with van der Waals surface area (Å²) in [6.07, 6.45) is 1.76. The minimum atomic E-state index is -0.488. The lowest BCUT2D eigenvalue weighted by molar-refractivity contribution is -0.127. The smallest absolute Gasteiger partial charge is 0.242 e. The van der Waals surface area contributed by atoms with E-state index in [0.29, 0.717) is 11.7 Å². The molecule has 0 aromatic heterocycles. The molecule has 138 valence electrons. The van der Waals surface area contributed by atoms with Crippen LogP contribution in [-0.2, 0) is 9.59 Å². The number of amidine groups is 1. The number of carbonyl (C=O) groups excluding carboxylic acids is 2. The number of nitrogens with zero attached hydrogens (tertiary/aromatic N) is 2. The van der Waals surface area contributed by atoms with Crippen molar-refractivity contribution in [1.29, 1.82) is 0 Å². The van der Waals surface area contributed by atoms with Crippen molar-refractivity contribution in [3.05, 3.63) is 72.8 Å². The lowest BCUT2D eigenvalue weighted by Crippen LogP contribution is -2.33. The van der Waals surface area contributed by atoms with Crippen LogP contribution in [0.2, 0.25) is 0 Å². The molecule has 1 heterocycles. The third-order valence-electron chi connectivity index (χ3n) is 4.02. The Morgan fingerprint density at radius 3 is 2.59 bits per heavy atom. The fraction of sp³-hybridized carbons (Fsp3) is 0.190. The molecule has 0 radical (unpaired) electrons. The van der Waals surface area contributed by atoms with Crippen LogP contribution in [0.1, 0.15) is 12.0 Å². The van der Waals surface area contributed by atoms with Crippen LogP contribution in [0.25, 0.3) is 0 Å². The van der Waals surface area contributed by atoms with Crippen LogP contribution in [0, 0.1) is 6.92 Å². The van der Waals surface area contributed by atoms with Crippen molar-refractivity contribution in [3.63, 3.8) is 0 Å². The maximum absolute atomic E-state index is 12.7. The molecule has 1 aliphatic rings. The maximum Gasteiger partial charge on any atom is 0.242 e. The normalized spacial score (nSPS) is 18.0. The highest BCUT2D eigenvalue weighted by atomic mass is 32.2. The molecule has 5 nitrogen and oxygen atoms in total. The van der Waals surface area contributed by atoms with E-state index in [1.54, 1.807) is 11.0 Å². The first-order valence-corrected chi connectivity index (χ1v) is 9.54.